The second kappa shape index (κ2) is 6.53. The molecule has 0 aliphatic carbocycles. The minimum absolute atomic E-state index is 0.250. The van der Waals surface area contributed by atoms with E-state index < -0.39 is 10.8 Å². The lowest BCUT2D eigenvalue weighted by Gasteiger charge is -2.12. The van der Waals surface area contributed by atoms with Crippen molar-refractivity contribution in [3.05, 3.63) is 0 Å². The Morgan fingerprint density at radius 2 is 2.43 bits per heavy atom. The summed E-state index contributed by atoms with van der Waals surface area (Å²) in [6, 6.07) is 0. The van der Waals surface area contributed by atoms with Crippen molar-refractivity contribution in [2.75, 3.05) is 26.0 Å². The monoisotopic (exact) mass is 219 g/mol. The molecule has 0 saturated carbocycles. The van der Waals surface area contributed by atoms with Crippen LogP contribution in [0.5, 0.6) is 0 Å². The van der Waals surface area contributed by atoms with Gasteiger partial charge in [-0.3, -0.25) is 4.21 Å². The molecule has 3 unspecified atom stereocenters. The fraction of sp³-hybridized carbons (Fsp3) is 1.00. The van der Waals surface area contributed by atoms with Crippen LogP contribution in [0, 0.1) is 0 Å². The number of hydrogen-bond donors (Lipinski definition) is 1. The average molecular weight is 219 g/mol. The van der Waals surface area contributed by atoms with E-state index in [1.807, 2.05) is 6.92 Å². The molecule has 0 aromatic carbocycles. The summed E-state index contributed by atoms with van der Waals surface area (Å²) < 4.78 is 16.5. The Morgan fingerprint density at radius 3 is 3.00 bits per heavy atom. The van der Waals surface area contributed by atoms with Crippen LogP contribution in [0.4, 0.5) is 0 Å². The predicted octanol–water partition coefficient (Wildman–Crippen LogP) is 0.912. The van der Waals surface area contributed by atoms with Gasteiger partial charge >= 0.3 is 0 Å². The Hall–Kier alpha value is 0.0700. The molecule has 1 heterocycles. The van der Waals surface area contributed by atoms with Gasteiger partial charge in [-0.1, -0.05) is 0 Å². The molecule has 0 bridgehead atoms. The maximum Gasteiger partial charge on any atom is 0.0588 e. The van der Waals surface area contributed by atoms with Gasteiger partial charge in [-0.05, 0) is 32.7 Å². The molecule has 3 nitrogen and oxygen atoms in total. The highest BCUT2D eigenvalue weighted by Gasteiger charge is 2.14. The molecule has 0 spiro atoms. The van der Waals surface area contributed by atoms with Gasteiger partial charge in [0, 0.05) is 35.5 Å². The summed E-state index contributed by atoms with van der Waals surface area (Å²) >= 11 is 0. The Kier molecular flexibility index (Phi) is 5.67. The molecule has 1 aliphatic heterocycles. The molecule has 3 atom stereocenters. The quantitative estimate of drug-likeness (QED) is 0.675. The molecule has 1 saturated heterocycles. The highest BCUT2D eigenvalue weighted by molar-refractivity contribution is 7.84. The van der Waals surface area contributed by atoms with Crippen molar-refractivity contribution in [1.82, 2.24) is 5.32 Å². The van der Waals surface area contributed by atoms with E-state index >= 15 is 0 Å². The van der Waals surface area contributed by atoms with Crippen LogP contribution in [0.25, 0.3) is 0 Å². The van der Waals surface area contributed by atoms with Crippen molar-refractivity contribution in [2.45, 2.75) is 37.5 Å². The summed E-state index contributed by atoms with van der Waals surface area (Å²) in [7, 11) is -0.709. The first-order valence-electron chi connectivity index (χ1n) is 5.34. The van der Waals surface area contributed by atoms with E-state index in [0.717, 1.165) is 26.1 Å². The average Bonchev–Trinajstić information content (AvgIpc) is 2.64. The van der Waals surface area contributed by atoms with Gasteiger partial charge in [0.25, 0.3) is 0 Å². The van der Waals surface area contributed by atoms with Gasteiger partial charge < -0.3 is 10.1 Å². The standard InChI is InChI=1S/C10H21NO2S/c1-9(14(2)12)8-11-6-5-10-4-3-7-13-10/h9-11H,3-8H2,1-2H3. The summed E-state index contributed by atoms with van der Waals surface area (Å²) in [5, 5.41) is 3.57. The highest BCUT2D eigenvalue weighted by Crippen LogP contribution is 2.14. The minimum Gasteiger partial charge on any atom is -0.378 e. The molecule has 1 fully saturated rings. The molecular weight excluding hydrogens is 198 g/mol. The molecule has 84 valence electrons. The summed E-state index contributed by atoms with van der Waals surface area (Å²) in [5.74, 6) is 0. The van der Waals surface area contributed by atoms with Gasteiger partial charge in [-0.2, -0.15) is 0 Å². The highest BCUT2D eigenvalue weighted by atomic mass is 32.2. The first kappa shape index (κ1) is 12.1. The molecule has 0 amide bonds. The summed E-state index contributed by atoms with van der Waals surface area (Å²) in [6.07, 6.45) is 5.72. The number of rotatable bonds is 6. The van der Waals surface area contributed by atoms with Crippen molar-refractivity contribution in [2.24, 2.45) is 0 Å². The fourth-order valence-corrected chi connectivity index (χ4v) is 1.91. The van der Waals surface area contributed by atoms with Crippen LogP contribution in [0.1, 0.15) is 26.2 Å². The molecule has 1 aliphatic rings. The lowest BCUT2D eigenvalue weighted by Crippen LogP contribution is -2.29. The maximum absolute atomic E-state index is 11.0. The number of hydrogen-bond acceptors (Lipinski definition) is 3. The Balaban J connectivity index is 1.95. The molecule has 1 rings (SSSR count). The van der Waals surface area contributed by atoms with E-state index in [2.05, 4.69) is 5.32 Å². The van der Waals surface area contributed by atoms with Crippen molar-refractivity contribution in [3.63, 3.8) is 0 Å². The summed E-state index contributed by atoms with van der Waals surface area (Å²) in [5.41, 5.74) is 0. The van der Waals surface area contributed by atoms with E-state index in [1.165, 1.54) is 12.8 Å². The van der Waals surface area contributed by atoms with Crippen LogP contribution in [0.3, 0.4) is 0 Å². The van der Waals surface area contributed by atoms with Crippen molar-refractivity contribution < 1.29 is 8.95 Å². The minimum atomic E-state index is -0.709. The van der Waals surface area contributed by atoms with E-state index in [0.29, 0.717) is 6.10 Å². The first-order valence-corrected chi connectivity index (χ1v) is 6.97. The molecule has 14 heavy (non-hydrogen) atoms. The first-order chi connectivity index (χ1) is 6.70. The third kappa shape index (κ3) is 4.53. The maximum atomic E-state index is 11.0. The van der Waals surface area contributed by atoms with Crippen molar-refractivity contribution >= 4 is 10.8 Å². The smallest absolute Gasteiger partial charge is 0.0588 e. The van der Waals surface area contributed by atoms with Crippen LogP contribution < -0.4 is 5.32 Å². The molecule has 4 heteroatoms. The number of nitrogens with one attached hydrogen (secondary N) is 1. The largest absolute Gasteiger partial charge is 0.378 e. The van der Waals surface area contributed by atoms with Gasteiger partial charge in [0.15, 0.2) is 0 Å². The second-order valence-corrected chi connectivity index (χ2v) is 5.74. The third-order valence-corrected chi connectivity index (χ3v) is 3.97. The lowest BCUT2D eigenvalue weighted by atomic mass is 10.2. The van der Waals surface area contributed by atoms with E-state index in [4.69, 9.17) is 4.74 Å². The second-order valence-electron chi connectivity index (χ2n) is 3.94. The lowest BCUT2D eigenvalue weighted by molar-refractivity contribution is 0.104. The van der Waals surface area contributed by atoms with Gasteiger partial charge in [0.1, 0.15) is 0 Å². The fourth-order valence-electron chi connectivity index (χ4n) is 1.56. The van der Waals surface area contributed by atoms with Crippen LogP contribution in [0.15, 0.2) is 0 Å². The molecule has 0 aromatic rings. The number of ether oxygens (including phenoxy) is 1. The molecule has 0 radical (unpaired) electrons. The van der Waals surface area contributed by atoms with E-state index in [1.54, 1.807) is 6.26 Å². The molecular formula is C10H21NO2S. The normalized spacial score (nSPS) is 26.3. The zero-order chi connectivity index (χ0) is 10.4. The molecule has 1 N–H and O–H groups in total. The summed E-state index contributed by atoms with van der Waals surface area (Å²) in [6.45, 7) is 4.76. The van der Waals surface area contributed by atoms with E-state index in [9.17, 15) is 4.21 Å². The predicted molar refractivity (Wildman–Crippen MR) is 60.0 cm³/mol. The van der Waals surface area contributed by atoms with Crippen LogP contribution in [-0.2, 0) is 15.5 Å². The van der Waals surface area contributed by atoms with Crippen LogP contribution >= 0.6 is 0 Å². The van der Waals surface area contributed by atoms with Gasteiger partial charge in [-0.25, -0.2) is 0 Å². The summed E-state index contributed by atoms with van der Waals surface area (Å²) in [4.78, 5) is 0. The SMILES string of the molecule is CC(CNCCC1CCCO1)S(C)=O. The third-order valence-electron chi connectivity index (χ3n) is 2.67. The van der Waals surface area contributed by atoms with Gasteiger partial charge in [-0.15, -0.1) is 0 Å². The van der Waals surface area contributed by atoms with Crippen molar-refractivity contribution in [3.8, 4) is 0 Å². The zero-order valence-corrected chi connectivity index (χ0v) is 9.94. The zero-order valence-electron chi connectivity index (χ0n) is 9.12. The Labute approximate surface area is 89.1 Å². The van der Waals surface area contributed by atoms with Crippen LogP contribution in [0.2, 0.25) is 0 Å². The molecule has 0 aromatic heterocycles. The van der Waals surface area contributed by atoms with Crippen molar-refractivity contribution in [1.29, 1.82) is 0 Å². The Morgan fingerprint density at radius 1 is 1.64 bits per heavy atom. The Bertz CT molecular complexity index is 181. The van der Waals surface area contributed by atoms with Gasteiger partial charge in [0.2, 0.25) is 0 Å². The van der Waals surface area contributed by atoms with Gasteiger partial charge in [0.05, 0.1) is 6.10 Å². The van der Waals surface area contributed by atoms with Crippen LogP contribution in [-0.4, -0.2) is 41.5 Å². The van der Waals surface area contributed by atoms with E-state index in [-0.39, 0.29) is 5.25 Å². The topological polar surface area (TPSA) is 38.3 Å².